The van der Waals surface area contributed by atoms with Gasteiger partial charge in [-0.1, -0.05) is 0 Å². The molecule has 0 bridgehead atoms. The van der Waals surface area contributed by atoms with Crippen LogP contribution in [0.5, 0.6) is 11.5 Å². The largest absolute Gasteiger partial charge is 0.658 e. The average molecular weight is 263 g/mol. The molecule has 2 aromatic carbocycles. The van der Waals surface area contributed by atoms with E-state index in [-0.39, 0.29) is 22.9 Å². The molecule has 0 heterocycles. The number of nitrogen functional groups attached to an aromatic ring is 2. The van der Waals surface area contributed by atoms with E-state index in [2.05, 4.69) is 0 Å². The minimum Gasteiger partial charge on any atom is -0.524 e. The van der Waals surface area contributed by atoms with Crippen LogP contribution in [0.15, 0.2) is 36.4 Å². The van der Waals surface area contributed by atoms with Gasteiger partial charge in [-0.3, -0.25) is 0 Å². The molecule has 0 spiro atoms. The van der Waals surface area contributed by atoms with Gasteiger partial charge in [0.2, 0.25) is 0 Å². The molecule has 0 aliphatic heterocycles. The van der Waals surface area contributed by atoms with Crippen molar-refractivity contribution in [3.63, 3.8) is 0 Å². The number of halogens is 2. The number of rotatable bonds is 4. The zero-order valence-electron chi connectivity index (χ0n) is 9.77. The Morgan fingerprint density at radius 1 is 0.789 bits per heavy atom. The lowest BCUT2D eigenvalue weighted by molar-refractivity contribution is 0.421. The predicted molar refractivity (Wildman–Crippen MR) is 68.6 cm³/mol. The van der Waals surface area contributed by atoms with Crippen molar-refractivity contribution in [1.29, 1.82) is 0 Å². The van der Waals surface area contributed by atoms with Gasteiger partial charge in [0.25, 0.3) is 0 Å². The summed E-state index contributed by atoms with van der Waals surface area (Å²) in [6.45, 7) is 0. The summed E-state index contributed by atoms with van der Waals surface area (Å²) >= 11 is 0. The zero-order chi connectivity index (χ0) is 13.8. The molecule has 4 nitrogen and oxygen atoms in total. The highest BCUT2D eigenvalue weighted by Gasteiger charge is 2.09. The van der Waals surface area contributed by atoms with Gasteiger partial charge in [-0.25, -0.2) is 8.78 Å². The third-order valence-electron chi connectivity index (χ3n) is 2.26. The fourth-order valence-electron chi connectivity index (χ4n) is 1.35. The lowest BCUT2D eigenvalue weighted by Crippen LogP contribution is -2.12. The molecule has 2 rings (SSSR count). The van der Waals surface area contributed by atoms with Crippen LogP contribution < -0.4 is 20.8 Å². The zero-order valence-corrected chi connectivity index (χ0v) is 9.77. The second kappa shape index (κ2) is 5.47. The van der Waals surface area contributed by atoms with Crippen LogP contribution in [0, 0.1) is 11.6 Å². The molecule has 1 radical (unpaired) electrons. The lowest BCUT2D eigenvalue weighted by Gasteiger charge is -2.08. The van der Waals surface area contributed by atoms with E-state index in [1.54, 1.807) is 0 Å². The van der Waals surface area contributed by atoms with Crippen molar-refractivity contribution >= 4 is 19.1 Å². The van der Waals surface area contributed by atoms with Crippen molar-refractivity contribution in [2.24, 2.45) is 0 Å². The molecule has 0 amide bonds. The fraction of sp³-hybridized carbons (Fsp3) is 0. The third kappa shape index (κ3) is 3.28. The molecule has 0 aromatic heterocycles. The minimum absolute atomic E-state index is 0.0787. The first kappa shape index (κ1) is 13.0. The van der Waals surface area contributed by atoms with Gasteiger partial charge in [-0.05, 0) is 24.3 Å². The van der Waals surface area contributed by atoms with Gasteiger partial charge in [-0.15, -0.1) is 0 Å². The smallest absolute Gasteiger partial charge is 0.524 e. The number of nitrogens with two attached hydrogens (primary N) is 2. The van der Waals surface area contributed by atoms with Crippen molar-refractivity contribution in [3.05, 3.63) is 48.0 Å². The Hall–Kier alpha value is -2.44. The van der Waals surface area contributed by atoms with Crippen molar-refractivity contribution in [2.75, 3.05) is 11.5 Å². The summed E-state index contributed by atoms with van der Waals surface area (Å²) in [7, 11) is 0.823. The standard InChI is InChI=1S/C12H10BF2N2O2/c14-9-5-7(16)1-3-11(9)18-13-19-12-4-2-8(17)6-10(12)15/h1-6H,16-17H2. The molecule has 0 aliphatic carbocycles. The Morgan fingerprint density at radius 3 is 1.58 bits per heavy atom. The molecule has 2 aromatic rings. The molecular weight excluding hydrogens is 253 g/mol. The molecular formula is C12H10BF2N2O2. The van der Waals surface area contributed by atoms with E-state index in [9.17, 15) is 8.78 Å². The Bertz CT molecular complexity index is 544. The van der Waals surface area contributed by atoms with Gasteiger partial charge in [-0.2, -0.15) is 0 Å². The van der Waals surface area contributed by atoms with Gasteiger partial charge in [0.15, 0.2) is 11.6 Å². The SMILES string of the molecule is Nc1ccc(O[B]Oc2ccc(N)cc2F)c(F)c1. The number of hydrogen-bond acceptors (Lipinski definition) is 4. The third-order valence-corrected chi connectivity index (χ3v) is 2.26. The fourth-order valence-corrected chi connectivity index (χ4v) is 1.35. The Kier molecular flexibility index (Phi) is 3.75. The van der Waals surface area contributed by atoms with Gasteiger partial charge in [0.1, 0.15) is 11.5 Å². The van der Waals surface area contributed by atoms with Crippen LogP contribution in [-0.2, 0) is 0 Å². The molecule has 0 aliphatic rings. The first-order valence-corrected chi connectivity index (χ1v) is 5.31. The Labute approximate surface area is 109 Å². The maximum atomic E-state index is 13.3. The van der Waals surface area contributed by atoms with E-state index in [4.69, 9.17) is 20.8 Å². The second-order valence-electron chi connectivity index (χ2n) is 3.71. The molecule has 0 atom stereocenters. The molecule has 0 fully saturated rings. The first-order chi connectivity index (χ1) is 9.06. The molecule has 0 saturated carbocycles. The minimum atomic E-state index is -0.641. The monoisotopic (exact) mass is 263 g/mol. The average Bonchev–Trinajstić information content (AvgIpc) is 2.34. The van der Waals surface area contributed by atoms with Crippen LogP contribution in [0.3, 0.4) is 0 Å². The van der Waals surface area contributed by atoms with Crippen molar-refractivity contribution < 1.29 is 18.1 Å². The summed E-state index contributed by atoms with van der Waals surface area (Å²) in [6.07, 6.45) is 0. The maximum absolute atomic E-state index is 13.3. The maximum Gasteiger partial charge on any atom is 0.658 e. The van der Waals surface area contributed by atoms with Gasteiger partial charge in [0, 0.05) is 23.5 Å². The van der Waals surface area contributed by atoms with Crippen LogP contribution >= 0.6 is 0 Å². The van der Waals surface area contributed by atoms with E-state index in [0.29, 0.717) is 0 Å². The summed E-state index contributed by atoms with van der Waals surface area (Å²) in [4.78, 5) is 0. The van der Waals surface area contributed by atoms with E-state index >= 15 is 0 Å². The normalized spacial score (nSPS) is 10.0. The van der Waals surface area contributed by atoms with Crippen LogP contribution in [0.1, 0.15) is 0 Å². The highest BCUT2D eigenvalue weighted by atomic mass is 19.1. The summed E-state index contributed by atoms with van der Waals surface area (Å²) in [5, 5.41) is 0. The summed E-state index contributed by atoms with van der Waals surface area (Å²) < 4.78 is 36.5. The molecule has 7 heteroatoms. The molecule has 0 saturated heterocycles. The van der Waals surface area contributed by atoms with Gasteiger partial charge < -0.3 is 20.8 Å². The first-order valence-electron chi connectivity index (χ1n) is 5.31. The predicted octanol–water partition coefficient (Wildman–Crippen LogP) is 2.12. The van der Waals surface area contributed by atoms with Crippen molar-refractivity contribution in [2.45, 2.75) is 0 Å². The van der Waals surface area contributed by atoms with Gasteiger partial charge >= 0.3 is 7.69 Å². The second-order valence-corrected chi connectivity index (χ2v) is 3.71. The molecule has 97 valence electrons. The summed E-state index contributed by atoms with van der Waals surface area (Å²) in [5.74, 6) is -1.44. The number of anilines is 2. The lowest BCUT2D eigenvalue weighted by atomic mass is 10.2. The van der Waals surface area contributed by atoms with Crippen LogP contribution in [0.2, 0.25) is 0 Å². The quantitative estimate of drug-likeness (QED) is 0.654. The number of hydrogen-bond donors (Lipinski definition) is 2. The topological polar surface area (TPSA) is 70.5 Å². The van der Waals surface area contributed by atoms with E-state index in [0.717, 1.165) is 19.8 Å². The van der Waals surface area contributed by atoms with Crippen molar-refractivity contribution in [1.82, 2.24) is 0 Å². The van der Waals surface area contributed by atoms with Crippen LogP contribution in [0.4, 0.5) is 20.2 Å². The highest BCUT2D eigenvalue weighted by Crippen LogP contribution is 2.21. The van der Waals surface area contributed by atoms with E-state index in [1.807, 2.05) is 0 Å². The summed E-state index contributed by atoms with van der Waals surface area (Å²) in [5.41, 5.74) is 11.3. The van der Waals surface area contributed by atoms with Gasteiger partial charge in [0.05, 0.1) is 0 Å². The Balaban J connectivity index is 1.96. The highest BCUT2D eigenvalue weighted by molar-refractivity contribution is 6.20. The molecule has 0 unspecified atom stereocenters. The molecule has 4 N–H and O–H groups in total. The van der Waals surface area contributed by atoms with E-state index < -0.39 is 11.6 Å². The number of benzene rings is 2. The van der Waals surface area contributed by atoms with Crippen molar-refractivity contribution in [3.8, 4) is 11.5 Å². The Morgan fingerprint density at radius 2 is 1.21 bits per heavy atom. The van der Waals surface area contributed by atoms with Crippen LogP contribution in [-0.4, -0.2) is 7.69 Å². The van der Waals surface area contributed by atoms with E-state index in [1.165, 1.54) is 24.3 Å². The van der Waals surface area contributed by atoms with Crippen LogP contribution in [0.25, 0.3) is 0 Å². The molecule has 19 heavy (non-hydrogen) atoms. The summed E-state index contributed by atoms with van der Waals surface area (Å²) in [6, 6.07) is 7.82.